The van der Waals surface area contributed by atoms with E-state index in [2.05, 4.69) is 21.7 Å². The van der Waals surface area contributed by atoms with Gasteiger partial charge in [0, 0.05) is 28.4 Å². The third-order valence-electron chi connectivity index (χ3n) is 6.19. The number of thioether (sulfide) groups is 1. The Balaban J connectivity index is 1.42. The van der Waals surface area contributed by atoms with Crippen molar-refractivity contribution in [1.29, 1.82) is 5.26 Å². The topological polar surface area (TPSA) is 97.8 Å². The molecule has 0 unspecified atom stereocenters. The highest BCUT2D eigenvalue weighted by Crippen LogP contribution is 2.44. The Hall–Kier alpha value is -2.46. The molecule has 7 heteroatoms. The summed E-state index contributed by atoms with van der Waals surface area (Å²) in [6.45, 7) is 0.416. The number of H-pyrrole nitrogens is 1. The second-order valence-electron chi connectivity index (χ2n) is 8.22. The lowest BCUT2D eigenvalue weighted by atomic mass is 9.83. The van der Waals surface area contributed by atoms with E-state index in [0.29, 0.717) is 12.2 Å². The largest absolute Gasteiger partial charge is 0.354 e. The van der Waals surface area contributed by atoms with Crippen LogP contribution in [0.4, 0.5) is 0 Å². The maximum atomic E-state index is 12.9. The lowest BCUT2D eigenvalue weighted by molar-refractivity contribution is -0.126. The van der Waals surface area contributed by atoms with Gasteiger partial charge in [-0.05, 0) is 50.1 Å². The van der Waals surface area contributed by atoms with Gasteiger partial charge in [0.1, 0.15) is 5.69 Å². The van der Waals surface area contributed by atoms with Crippen LogP contribution in [0.2, 0.25) is 0 Å². The number of hydrogen-bond acceptors (Lipinski definition) is 4. The number of rotatable bonds is 6. The maximum Gasteiger partial charge on any atom is 0.267 e. The van der Waals surface area contributed by atoms with Gasteiger partial charge < -0.3 is 15.6 Å². The molecule has 152 valence electrons. The van der Waals surface area contributed by atoms with Crippen LogP contribution in [0.5, 0.6) is 0 Å². The number of aromatic amines is 1. The fourth-order valence-electron chi connectivity index (χ4n) is 4.09. The highest BCUT2D eigenvalue weighted by Gasteiger charge is 2.44. The normalized spacial score (nSPS) is 22.6. The number of nitrogens with zero attached hydrogens (tertiary/aromatic N) is 1. The number of nitrogens with one attached hydrogen (secondary N) is 3. The molecule has 1 heterocycles. The summed E-state index contributed by atoms with van der Waals surface area (Å²) >= 11 is 1.66. The van der Waals surface area contributed by atoms with E-state index in [1.165, 1.54) is 0 Å². The zero-order valence-electron chi connectivity index (χ0n) is 16.6. The third-order valence-corrected chi connectivity index (χ3v) is 6.91. The number of hydrogen-bond donors (Lipinski definition) is 3. The minimum absolute atomic E-state index is 0.0437. The number of nitriles is 1. The number of carbonyl (C=O) groups is 2. The van der Waals surface area contributed by atoms with Crippen molar-refractivity contribution in [1.82, 2.24) is 15.6 Å². The molecule has 4 rings (SSSR count). The van der Waals surface area contributed by atoms with Gasteiger partial charge in [0.25, 0.3) is 5.91 Å². The predicted octanol–water partition coefficient (Wildman–Crippen LogP) is 3.60. The molecule has 0 spiro atoms. The summed E-state index contributed by atoms with van der Waals surface area (Å²) in [5.41, 5.74) is 1.10. The molecular weight excluding hydrogens is 384 g/mol. The van der Waals surface area contributed by atoms with Crippen molar-refractivity contribution >= 4 is 34.5 Å². The van der Waals surface area contributed by atoms with Crippen molar-refractivity contribution in [2.45, 2.75) is 49.5 Å². The van der Waals surface area contributed by atoms with Crippen LogP contribution in [-0.4, -0.2) is 35.6 Å². The first-order valence-electron chi connectivity index (χ1n) is 10.2. The Labute approximate surface area is 174 Å². The first-order valence-corrected chi connectivity index (χ1v) is 11.4. The van der Waals surface area contributed by atoms with Gasteiger partial charge in [-0.3, -0.25) is 9.59 Å². The van der Waals surface area contributed by atoms with Gasteiger partial charge in [-0.15, -0.1) is 11.8 Å². The van der Waals surface area contributed by atoms with Crippen LogP contribution < -0.4 is 10.6 Å². The molecule has 2 amide bonds. The average Bonchev–Trinajstić information content (AvgIpc) is 3.41. The first-order chi connectivity index (χ1) is 14.0. The second-order valence-corrected chi connectivity index (χ2v) is 9.10. The Bertz CT molecular complexity index is 973. The molecule has 1 aromatic heterocycles. The Kier molecular flexibility index (Phi) is 5.55. The zero-order chi connectivity index (χ0) is 20.4. The summed E-state index contributed by atoms with van der Waals surface area (Å²) in [6.07, 6.45) is 7.27. The SMILES string of the molecule is CSc1ccc2cc(C(=O)N[C@H]3CCCC[C@H]3C(=O)NCC3(C#N)CC3)[nH]c2c1. The Morgan fingerprint density at radius 3 is 2.79 bits per heavy atom. The molecule has 0 radical (unpaired) electrons. The third kappa shape index (κ3) is 4.27. The summed E-state index contributed by atoms with van der Waals surface area (Å²) in [5, 5.41) is 16.2. The summed E-state index contributed by atoms with van der Waals surface area (Å²) in [4.78, 5) is 29.9. The standard InChI is InChI=1S/C22H26N4O2S/c1-29-15-7-6-14-10-19(25-18(14)11-15)21(28)26-17-5-3-2-4-16(17)20(27)24-13-22(12-23)8-9-22/h6-7,10-11,16-17,25H,2-5,8-9,13H2,1H3,(H,24,27)(H,26,28)/t16-,17+/m1/s1. The van der Waals surface area contributed by atoms with E-state index >= 15 is 0 Å². The summed E-state index contributed by atoms with van der Waals surface area (Å²) in [7, 11) is 0. The first kappa shape index (κ1) is 19.8. The van der Waals surface area contributed by atoms with Crippen molar-refractivity contribution in [3.8, 4) is 6.07 Å². The number of benzene rings is 1. The molecule has 0 bridgehead atoms. The smallest absolute Gasteiger partial charge is 0.267 e. The highest BCUT2D eigenvalue weighted by atomic mass is 32.2. The quantitative estimate of drug-likeness (QED) is 0.634. The zero-order valence-corrected chi connectivity index (χ0v) is 17.4. The lowest BCUT2D eigenvalue weighted by Crippen LogP contribution is -2.49. The average molecular weight is 411 g/mol. The molecule has 2 aromatic rings. The molecule has 2 fully saturated rings. The van der Waals surface area contributed by atoms with Crippen molar-refractivity contribution < 1.29 is 9.59 Å². The van der Waals surface area contributed by atoms with Crippen molar-refractivity contribution in [3.05, 3.63) is 30.0 Å². The van der Waals surface area contributed by atoms with Crippen LogP contribution in [0, 0.1) is 22.7 Å². The molecule has 2 aliphatic rings. The van der Waals surface area contributed by atoms with E-state index in [1.54, 1.807) is 11.8 Å². The molecule has 0 aliphatic heterocycles. The predicted molar refractivity (Wildman–Crippen MR) is 114 cm³/mol. The number of aromatic nitrogens is 1. The van der Waals surface area contributed by atoms with E-state index in [0.717, 1.165) is 54.3 Å². The van der Waals surface area contributed by atoms with Gasteiger partial charge in [-0.2, -0.15) is 5.26 Å². The minimum Gasteiger partial charge on any atom is -0.354 e. The fourth-order valence-corrected chi connectivity index (χ4v) is 4.53. The second kappa shape index (κ2) is 8.11. The van der Waals surface area contributed by atoms with Crippen LogP contribution in [-0.2, 0) is 4.79 Å². The van der Waals surface area contributed by atoms with Gasteiger partial charge in [-0.25, -0.2) is 0 Å². The molecule has 3 N–H and O–H groups in total. The van der Waals surface area contributed by atoms with E-state index in [-0.39, 0.29) is 29.2 Å². The van der Waals surface area contributed by atoms with Gasteiger partial charge >= 0.3 is 0 Å². The van der Waals surface area contributed by atoms with Crippen LogP contribution in [0.1, 0.15) is 49.0 Å². The van der Waals surface area contributed by atoms with Crippen LogP contribution in [0.15, 0.2) is 29.2 Å². The van der Waals surface area contributed by atoms with Crippen molar-refractivity contribution in [2.24, 2.45) is 11.3 Å². The van der Waals surface area contributed by atoms with Gasteiger partial charge in [-0.1, -0.05) is 18.9 Å². The van der Waals surface area contributed by atoms with Crippen LogP contribution in [0.25, 0.3) is 10.9 Å². The van der Waals surface area contributed by atoms with Crippen molar-refractivity contribution in [2.75, 3.05) is 12.8 Å². The van der Waals surface area contributed by atoms with E-state index in [4.69, 9.17) is 0 Å². The maximum absolute atomic E-state index is 12.9. The summed E-state index contributed by atoms with van der Waals surface area (Å²) < 4.78 is 0. The number of amides is 2. The number of carbonyl (C=O) groups excluding carboxylic acids is 2. The molecule has 1 aromatic carbocycles. The van der Waals surface area contributed by atoms with Crippen molar-refractivity contribution in [3.63, 3.8) is 0 Å². The minimum atomic E-state index is -0.358. The Morgan fingerprint density at radius 1 is 1.28 bits per heavy atom. The van der Waals surface area contributed by atoms with E-state index < -0.39 is 0 Å². The number of fused-ring (bicyclic) bond motifs is 1. The summed E-state index contributed by atoms with van der Waals surface area (Å²) in [6, 6.07) is 10.1. The van der Waals surface area contributed by atoms with Gasteiger partial charge in [0.05, 0.1) is 17.4 Å². The fraction of sp³-hybridized carbons (Fsp3) is 0.500. The molecular formula is C22H26N4O2S. The van der Waals surface area contributed by atoms with Gasteiger partial charge in [0.15, 0.2) is 0 Å². The molecule has 2 atom stereocenters. The van der Waals surface area contributed by atoms with E-state index in [1.807, 2.05) is 30.5 Å². The molecule has 29 heavy (non-hydrogen) atoms. The summed E-state index contributed by atoms with van der Waals surface area (Å²) in [5.74, 6) is -0.459. The van der Waals surface area contributed by atoms with Gasteiger partial charge in [0.2, 0.25) is 5.91 Å². The van der Waals surface area contributed by atoms with E-state index in [9.17, 15) is 14.9 Å². The molecule has 2 saturated carbocycles. The Morgan fingerprint density at radius 2 is 2.07 bits per heavy atom. The molecule has 2 aliphatic carbocycles. The van der Waals surface area contributed by atoms with Crippen LogP contribution in [0.3, 0.4) is 0 Å². The molecule has 0 saturated heterocycles. The van der Waals surface area contributed by atoms with Crippen LogP contribution >= 0.6 is 11.8 Å². The molecule has 6 nitrogen and oxygen atoms in total. The monoisotopic (exact) mass is 410 g/mol. The highest BCUT2D eigenvalue weighted by molar-refractivity contribution is 7.98. The lowest BCUT2D eigenvalue weighted by Gasteiger charge is -2.31.